The quantitative estimate of drug-likeness (QED) is 0.341. The van der Waals surface area contributed by atoms with Crippen molar-refractivity contribution in [1.82, 2.24) is 0 Å². The molecule has 0 saturated carbocycles. The van der Waals surface area contributed by atoms with Crippen molar-refractivity contribution in [1.29, 1.82) is 0 Å². The van der Waals surface area contributed by atoms with E-state index in [0.29, 0.717) is 0 Å². The number of hydrogen-bond donors (Lipinski definition) is 2. The lowest BCUT2D eigenvalue weighted by Gasteiger charge is -2.21. The van der Waals surface area contributed by atoms with E-state index in [1.807, 2.05) is 0 Å². The second-order valence-corrected chi connectivity index (χ2v) is 5.32. The highest BCUT2D eigenvalue weighted by Crippen LogP contribution is 2.53. The van der Waals surface area contributed by atoms with Gasteiger partial charge in [0.1, 0.15) is 0 Å². The van der Waals surface area contributed by atoms with Crippen LogP contribution in [0.25, 0.3) is 0 Å². The molecule has 1 unspecified atom stereocenters. The van der Waals surface area contributed by atoms with Gasteiger partial charge in [-0.2, -0.15) is 4.67 Å². The summed E-state index contributed by atoms with van der Waals surface area (Å²) in [4.78, 5) is 8.74. The molecule has 1 atom stereocenters. The van der Waals surface area contributed by atoms with Crippen molar-refractivity contribution in [3.8, 4) is 0 Å². The first kappa shape index (κ1) is 9.11. The average molecular weight is 154 g/mol. The smallest absolute Gasteiger partial charge is 0.322 e. The minimum Gasteiger partial charge on any atom is -0.322 e. The van der Waals surface area contributed by atoms with E-state index >= 15 is 0 Å². The molecular weight excluding hydrogens is 143 g/mol. The Morgan fingerprint density at radius 2 is 1.78 bits per heavy atom. The maximum absolute atomic E-state index is 10.7. The van der Waals surface area contributed by atoms with E-state index in [2.05, 4.69) is 4.67 Å². The van der Waals surface area contributed by atoms with Gasteiger partial charge in [0.2, 0.25) is 0 Å². The first-order chi connectivity index (χ1) is 3.81. The monoisotopic (exact) mass is 154 g/mol. The van der Waals surface area contributed by atoms with Gasteiger partial charge < -0.3 is 4.89 Å². The van der Waals surface area contributed by atoms with Crippen molar-refractivity contribution in [2.75, 3.05) is 0 Å². The topological polar surface area (TPSA) is 66.8 Å². The molecule has 0 amide bonds. The summed E-state index contributed by atoms with van der Waals surface area (Å²) in [7, 11) is -3.80. The second kappa shape index (κ2) is 2.39. The van der Waals surface area contributed by atoms with Crippen LogP contribution in [0.15, 0.2) is 0 Å². The molecule has 0 bridgehead atoms. The molecule has 0 heterocycles. The third kappa shape index (κ3) is 2.06. The van der Waals surface area contributed by atoms with Gasteiger partial charge >= 0.3 is 7.60 Å². The highest BCUT2D eigenvalue weighted by molar-refractivity contribution is 7.54. The van der Waals surface area contributed by atoms with Crippen LogP contribution < -0.4 is 0 Å². The van der Waals surface area contributed by atoms with Crippen LogP contribution in [0.2, 0.25) is 0 Å². The van der Waals surface area contributed by atoms with Crippen LogP contribution in [0.3, 0.4) is 0 Å². The van der Waals surface area contributed by atoms with Gasteiger partial charge in [-0.15, -0.1) is 0 Å². The fourth-order valence-corrected chi connectivity index (χ4v) is 0.367. The highest BCUT2D eigenvalue weighted by Gasteiger charge is 2.36. The molecule has 0 spiro atoms. The minimum absolute atomic E-state index is 0.915. The van der Waals surface area contributed by atoms with Gasteiger partial charge in [0.05, 0.1) is 5.16 Å². The summed E-state index contributed by atoms with van der Waals surface area (Å²) in [6.45, 7) is 4.51. The molecule has 2 N–H and O–H groups in total. The third-order valence-electron chi connectivity index (χ3n) is 0.958. The predicted molar refractivity (Wildman–Crippen MR) is 33.3 cm³/mol. The Hall–Kier alpha value is 0.110. The lowest BCUT2D eigenvalue weighted by molar-refractivity contribution is -0.148. The Labute approximate surface area is 53.9 Å². The summed E-state index contributed by atoms with van der Waals surface area (Å²) in [5, 5.41) is 7.00. The number of rotatable bonds is 1. The first-order valence-corrected chi connectivity index (χ1v) is 4.05. The van der Waals surface area contributed by atoms with Crippen LogP contribution in [0.4, 0.5) is 0 Å². The van der Waals surface area contributed by atoms with Gasteiger partial charge in [0.15, 0.2) is 0 Å². The van der Waals surface area contributed by atoms with E-state index in [9.17, 15) is 4.57 Å². The van der Waals surface area contributed by atoms with Crippen LogP contribution in [0.1, 0.15) is 20.8 Å². The molecule has 0 fully saturated rings. The molecule has 0 aromatic heterocycles. The van der Waals surface area contributed by atoms with Gasteiger partial charge in [0.25, 0.3) is 0 Å². The van der Waals surface area contributed by atoms with E-state index in [0.717, 1.165) is 0 Å². The molecule has 0 aromatic rings. The molecule has 0 aliphatic heterocycles. The lowest BCUT2D eigenvalue weighted by atomic mass is 10.3. The molecule has 4 nitrogen and oxygen atoms in total. The summed E-state index contributed by atoms with van der Waals surface area (Å²) in [5.74, 6) is 0. The fourth-order valence-electron chi connectivity index (χ4n) is 0.122. The Bertz CT molecular complexity index is 136. The van der Waals surface area contributed by atoms with Crippen LogP contribution in [-0.4, -0.2) is 15.3 Å². The standard InChI is InChI=1S/C4H11O4P/c1-4(2,3)9(6,7)8-5/h5H,1-3H3,(H,6,7). The van der Waals surface area contributed by atoms with Crippen molar-refractivity contribution >= 4 is 7.60 Å². The van der Waals surface area contributed by atoms with Crippen molar-refractivity contribution in [3.05, 3.63) is 0 Å². The molecule has 5 heteroatoms. The summed E-state index contributed by atoms with van der Waals surface area (Å²) < 4.78 is 14.1. The molecular formula is C4H11O4P. The first-order valence-electron chi connectivity index (χ1n) is 2.47. The normalized spacial score (nSPS) is 19.2. The third-order valence-corrected chi connectivity index (χ3v) is 2.88. The molecule has 9 heavy (non-hydrogen) atoms. The van der Waals surface area contributed by atoms with Crippen LogP contribution in [-0.2, 0) is 9.24 Å². The van der Waals surface area contributed by atoms with E-state index < -0.39 is 12.8 Å². The van der Waals surface area contributed by atoms with Crippen LogP contribution in [0.5, 0.6) is 0 Å². The van der Waals surface area contributed by atoms with Crippen molar-refractivity contribution in [3.63, 3.8) is 0 Å². The fraction of sp³-hybridized carbons (Fsp3) is 1.00. The molecule has 0 aliphatic rings. The maximum Gasteiger partial charge on any atom is 0.360 e. The van der Waals surface area contributed by atoms with Gasteiger partial charge in [-0.1, -0.05) is 0 Å². The van der Waals surface area contributed by atoms with E-state index in [-0.39, 0.29) is 0 Å². The molecule has 0 radical (unpaired) electrons. The van der Waals surface area contributed by atoms with Crippen molar-refractivity contribution in [2.24, 2.45) is 0 Å². The second-order valence-electron chi connectivity index (χ2n) is 2.77. The van der Waals surface area contributed by atoms with Crippen LogP contribution >= 0.6 is 7.60 Å². The van der Waals surface area contributed by atoms with Crippen molar-refractivity contribution < 1.29 is 19.4 Å². The highest BCUT2D eigenvalue weighted by atomic mass is 31.2. The molecule has 0 aliphatic carbocycles. The summed E-state index contributed by atoms with van der Waals surface area (Å²) in [6.07, 6.45) is 0. The van der Waals surface area contributed by atoms with Crippen LogP contribution in [0, 0.1) is 0 Å². The Kier molecular flexibility index (Phi) is 2.41. The summed E-state index contributed by atoms with van der Waals surface area (Å²) >= 11 is 0. The zero-order chi connectivity index (χ0) is 7.71. The van der Waals surface area contributed by atoms with Gasteiger partial charge in [0, 0.05) is 0 Å². The SMILES string of the molecule is CC(C)(C)P(=O)(O)OO. The lowest BCUT2D eigenvalue weighted by Crippen LogP contribution is -2.15. The zero-order valence-electron chi connectivity index (χ0n) is 5.66. The molecule has 0 aromatic carbocycles. The van der Waals surface area contributed by atoms with Crippen molar-refractivity contribution in [2.45, 2.75) is 25.9 Å². The Morgan fingerprint density at radius 3 is 1.78 bits per heavy atom. The Morgan fingerprint density at radius 1 is 1.44 bits per heavy atom. The molecule has 0 saturated heterocycles. The Balaban J connectivity index is 4.35. The van der Waals surface area contributed by atoms with E-state index in [1.165, 1.54) is 20.8 Å². The largest absolute Gasteiger partial charge is 0.360 e. The van der Waals surface area contributed by atoms with Gasteiger partial charge in [-0.3, -0.25) is 4.57 Å². The molecule has 0 rings (SSSR count). The summed E-state index contributed by atoms with van der Waals surface area (Å²) in [6, 6.07) is 0. The predicted octanol–water partition coefficient (Wildman–Crippen LogP) is 1.46. The average Bonchev–Trinajstić information content (AvgIpc) is 1.64. The molecule has 56 valence electrons. The summed E-state index contributed by atoms with van der Waals surface area (Å²) in [5.41, 5.74) is 0. The number of hydrogen-bond acceptors (Lipinski definition) is 3. The zero-order valence-corrected chi connectivity index (χ0v) is 6.55. The minimum atomic E-state index is -3.80. The van der Waals surface area contributed by atoms with Gasteiger partial charge in [-0.05, 0) is 20.8 Å². The van der Waals surface area contributed by atoms with E-state index in [1.54, 1.807) is 0 Å². The maximum atomic E-state index is 10.7. The van der Waals surface area contributed by atoms with Gasteiger partial charge in [-0.25, -0.2) is 5.26 Å². The van der Waals surface area contributed by atoms with E-state index in [4.69, 9.17) is 10.2 Å².